The smallest absolute Gasteiger partial charge is 0.254 e. The van der Waals surface area contributed by atoms with Crippen LogP contribution in [0.15, 0.2) is 30.3 Å². The van der Waals surface area contributed by atoms with E-state index in [0.717, 1.165) is 27.9 Å². The first-order valence-corrected chi connectivity index (χ1v) is 8.18. The highest BCUT2D eigenvalue weighted by atomic mass is 35.5. The van der Waals surface area contributed by atoms with Crippen molar-refractivity contribution in [1.29, 1.82) is 0 Å². The summed E-state index contributed by atoms with van der Waals surface area (Å²) in [4.78, 5) is 26.3. The van der Waals surface area contributed by atoms with Crippen LogP contribution in [0.1, 0.15) is 32.6 Å². The fraction of sp³-hybridized carbons (Fsp3) is 0.300. The minimum Gasteiger partial charge on any atom is -0.399 e. The fourth-order valence-electron chi connectivity index (χ4n) is 2.92. The molecular weight excluding hydrogens is 350 g/mol. The number of benzene rings is 2. The molecule has 0 bridgehead atoms. The zero-order chi connectivity index (χ0) is 18.7. The van der Waals surface area contributed by atoms with Gasteiger partial charge in [-0.3, -0.25) is 9.59 Å². The quantitative estimate of drug-likeness (QED) is 0.801. The predicted octanol–water partition coefficient (Wildman–Crippen LogP) is 3.63. The summed E-state index contributed by atoms with van der Waals surface area (Å²) in [5.41, 5.74) is 11.6. The van der Waals surface area contributed by atoms with Crippen LogP contribution in [-0.2, 0) is 4.79 Å². The molecule has 26 heavy (non-hydrogen) atoms. The maximum absolute atomic E-state index is 12.6. The number of carbonyl (C=O) groups is 2. The first kappa shape index (κ1) is 21.5. The Labute approximate surface area is 161 Å². The summed E-state index contributed by atoms with van der Waals surface area (Å²) < 4.78 is 0. The Morgan fingerprint density at radius 2 is 1.58 bits per heavy atom. The molecule has 0 aliphatic heterocycles. The standard InChI is InChI=1S/C20H25N3O2.ClH/c1-12-8-14(3)19(15(4)9-12)22-18(24)11-23(5)20(25)17-10-16(21)7-6-13(17)2;/h6-10H,11,21H2,1-5H3,(H,22,24);1H. The van der Waals surface area contributed by atoms with Crippen LogP contribution in [0.5, 0.6) is 0 Å². The molecule has 140 valence electrons. The Balaban J connectivity index is 0.00000338. The molecule has 5 nitrogen and oxygen atoms in total. The largest absolute Gasteiger partial charge is 0.399 e. The summed E-state index contributed by atoms with van der Waals surface area (Å²) in [6.45, 7) is 7.76. The maximum Gasteiger partial charge on any atom is 0.254 e. The Bertz CT molecular complexity index is 811. The van der Waals surface area contributed by atoms with Crippen molar-refractivity contribution in [2.75, 3.05) is 24.6 Å². The zero-order valence-corrected chi connectivity index (χ0v) is 16.7. The Hall–Kier alpha value is -2.53. The molecule has 2 aromatic rings. The number of hydrogen-bond donors (Lipinski definition) is 2. The molecule has 0 saturated heterocycles. The number of likely N-dealkylation sites (N-methyl/N-ethyl adjacent to an activating group) is 1. The van der Waals surface area contributed by atoms with Crippen molar-refractivity contribution in [1.82, 2.24) is 4.90 Å². The maximum atomic E-state index is 12.6. The van der Waals surface area contributed by atoms with Gasteiger partial charge in [0, 0.05) is 24.0 Å². The second-order valence-corrected chi connectivity index (χ2v) is 6.56. The lowest BCUT2D eigenvalue weighted by Crippen LogP contribution is -2.35. The fourth-order valence-corrected chi connectivity index (χ4v) is 2.92. The van der Waals surface area contributed by atoms with Crippen molar-refractivity contribution in [3.05, 3.63) is 58.1 Å². The monoisotopic (exact) mass is 375 g/mol. The van der Waals surface area contributed by atoms with E-state index in [2.05, 4.69) is 5.32 Å². The zero-order valence-electron chi connectivity index (χ0n) is 15.8. The number of hydrogen-bond acceptors (Lipinski definition) is 3. The Morgan fingerprint density at radius 1 is 1.00 bits per heavy atom. The molecule has 0 saturated carbocycles. The third-order valence-corrected chi connectivity index (χ3v) is 4.16. The van der Waals surface area contributed by atoms with Crippen LogP contribution in [0.4, 0.5) is 11.4 Å². The number of amides is 2. The average molecular weight is 376 g/mol. The van der Waals surface area contributed by atoms with Crippen molar-refractivity contribution in [2.45, 2.75) is 27.7 Å². The first-order valence-electron chi connectivity index (χ1n) is 8.18. The molecule has 0 fully saturated rings. The number of carbonyl (C=O) groups excluding carboxylic acids is 2. The van der Waals surface area contributed by atoms with Crippen LogP contribution in [-0.4, -0.2) is 30.3 Å². The van der Waals surface area contributed by atoms with Gasteiger partial charge in [-0.05, 0) is 56.5 Å². The van der Waals surface area contributed by atoms with E-state index in [1.54, 1.807) is 25.2 Å². The van der Waals surface area contributed by atoms with Crippen molar-refractivity contribution in [3.8, 4) is 0 Å². The van der Waals surface area contributed by atoms with E-state index >= 15 is 0 Å². The Kier molecular flexibility index (Phi) is 7.21. The van der Waals surface area contributed by atoms with Gasteiger partial charge in [0.2, 0.25) is 5.91 Å². The first-order chi connectivity index (χ1) is 11.7. The van der Waals surface area contributed by atoms with Crippen molar-refractivity contribution < 1.29 is 9.59 Å². The second kappa shape index (κ2) is 8.72. The van der Waals surface area contributed by atoms with Gasteiger partial charge in [-0.15, -0.1) is 12.4 Å². The lowest BCUT2D eigenvalue weighted by molar-refractivity contribution is -0.116. The molecule has 2 rings (SSSR count). The van der Waals surface area contributed by atoms with E-state index in [1.807, 2.05) is 39.8 Å². The van der Waals surface area contributed by atoms with Crippen LogP contribution in [0.3, 0.4) is 0 Å². The highest BCUT2D eigenvalue weighted by molar-refractivity contribution is 6.00. The highest BCUT2D eigenvalue weighted by Gasteiger charge is 2.18. The van der Waals surface area contributed by atoms with Gasteiger partial charge in [-0.25, -0.2) is 0 Å². The number of nitrogens with zero attached hydrogens (tertiary/aromatic N) is 1. The molecule has 2 amide bonds. The predicted molar refractivity (Wildman–Crippen MR) is 109 cm³/mol. The lowest BCUT2D eigenvalue weighted by Gasteiger charge is -2.19. The SMILES string of the molecule is Cc1cc(C)c(NC(=O)CN(C)C(=O)c2cc(N)ccc2C)c(C)c1.Cl. The molecule has 0 aliphatic carbocycles. The molecule has 0 spiro atoms. The van der Waals surface area contributed by atoms with Gasteiger partial charge in [0.15, 0.2) is 0 Å². The third kappa shape index (κ3) is 4.99. The van der Waals surface area contributed by atoms with E-state index in [4.69, 9.17) is 5.73 Å². The van der Waals surface area contributed by atoms with Crippen LogP contribution in [0, 0.1) is 27.7 Å². The lowest BCUT2D eigenvalue weighted by atomic mass is 10.0. The molecule has 0 unspecified atom stereocenters. The van der Waals surface area contributed by atoms with Gasteiger partial charge in [-0.2, -0.15) is 0 Å². The number of nitrogens with one attached hydrogen (secondary N) is 1. The summed E-state index contributed by atoms with van der Waals surface area (Å²) in [5, 5.41) is 2.91. The summed E-state index contributed by atoms with van der Waals surface area (Å²) in [7, 11) is 1.61. The van der Waals surface area contributed by atoms with Crippen LogP contribution in [0.25, 0.3) is 0 Å². The van der Waals surface area contributed by atoms with E-state index in [1.165, 1.54) is 4.90 Å². The molecular formula is C20H26ClN3O2. The summed E-state index contributed by atoms with van der Waals surface area (Å²) in [6.07, 6.45) is 0. The van der Waals surface area contributed by atoms with E-state index in [-0.39, 0.29) is 30.8 Å². The summed E-state index contributed by atoms with van der Waals surface area (Å²) in [6, 6.07) is 9.23. The minimum absolute atomic E-state index is 0. The topological polar surface area (TPSA) is 75.4 Å². The van der Waals surface area contributed by atoms with Crippen molar-refractivity contribution in [3.63, 3.8) is 0 Å². The van der Waals surface area contributed by atoms with Crippen LogP contribution >= 0.6 is 12.4 Å². The van der Waals surface area contributed by atoms with E-state index < -0.39 is 0 Å². The number of halogens is 1. The highest BCUT2D eigenvalue weighted by Crippen LogP contribution is 2.22. The minimum atomic E-state index is -0.229. The van der Waals surface area contributed by atoms with Crippen molar-refractivity contribution in [2.24, 2.45) is 0 Å². The molecule has 0 aliphatic rings. The second-order valence-electron chi connectivity index (χ2n) is 6.56. The summed E-state index contributed by atoms with van der Waals surface area (Å²) in [5.74, 6) is -0.454. The number of nitrogens with two attached hydrogens (primary N) is 1. The normalized spacial score (nSPS) is 10.0. The van der Waals surface area contributed by atoms with Gasteiger partial charge in [0.25, 0.3) is 5.91 Å². The number of anilines is 2. The molecule has 0 radical (unpaired) electrons. The molecule has 2 aromatic carbocycles. The van der Waals surface area contributed by atoms with Gasteiger partial charge >= 0.3 is 0 Å². The van der Waals surface area contributed by atoms with E-state index in [9.17, 15) is 9.59 Å². The van der Waals surface area contributed by atoms with E-state index in [0.29, 0.717) is 11.3 Å². The molecule has 6 heteroatoms. The number of rotatable bonds is 4. The number of nitrogen functional groups attached to an aromatic ring is 1. The van der Waals surface area contributed by atoms with Gasteiger partial charge in [-0.1, -0.05) is 23.8 Å². The van der Waals surface area contributed by atoms with Crippen LogP contribution < -0.4 is 11.1 Å². The Morgan fingerprint density at radius 3 is 2.15 bits per heavy atom. The average Bonchev–Trinajstić information content (AvgIpc) is 2.52. The molecule has 0 heterocycles. The molecule has 3 N–H and O–H groups in total. The third-order valence-electron chi connectivity index (χ3n) is 4.16. The molecule has 0 atom stereocenters. The van der Waals surface area contributed by atoms with Crippen LogP contribution in [0.2, 0.25) is 0 Å². The van der Waals surface area contributed by atoms with Gasteiger partial charge in [0.1, 0.15) is 0 Å². The van der Waals surface area contributed by atoms with Crippen molar-refractivity contribution >= 4 is 35.6 Å². The summed E-state index contributed by atoms with van der Waals surface area (Å²) >= 11 is 0. The molecule has 0 aromatic heterocycles. The van der Waals surface area contributed by atoms with Gasteiger partial charge < -0.3 is 16.0 Å². The van der Waals surface area contributed by atoms with Gasteiger partial charge in [0.05, 0.1) is 6.54 Å². The number of aryl methyl sites for hydroxylation is 4.